The van der Waals surface area contributed by atoms with E-state index in [1.165, 1.54) is 94.5 Å². The summed E-state index contributed by atoms with van der Waals surface area (Å²) in [5, 5.41) is 0. The lowest BCUT2D eigenvalue weighted by molar-refractivity contribution is 1.24. The second-order valence-corrected chi connectivity index (χ2v) is 18.5. The van der Waals surface area contributed by atoms with Crippen LogP contribution in [0, 0.1) is 48.5 Å². The lowest BCUT2D eigenvalue weighted by Crippen LogP contribution is -2.63. The quantitative estimate of drug-likeness (QED) is 0.148. The van der Waals surface area contributed by atoms with Crippen molar-refractivity contribution in [3.8, 4) is 0 Å². The van der Waals surface area contributed by atoms with Gasteiger partial charge in [0.25, 0.3) is 0 Å². The molecule has 2 aliphatic rings. The average Bonchev–Trinajstić information content (AvgIpc) is 3.31. The molecular formula is C61H53B2N3. The molecule has 5 heteroatoms. The van der Waals surface area contributed by atoms with Crippen molar-refractivity contribution in [1.82, 2.24) is 0 Å². The van der Waals surface area contributed by atoms with Crippen LogP contribution in [0.25, 0.3) is 0 Å². The minimum atomic E-state index is -0.115. The first-order chi connectivity index (χ1) is 32.2. The molecule has 9 aromatic carbocycles. The van der Waals surface area contributed by atoms with E-state index in [9.17, 15) is 0 Å². The fraction of sp³-hybridized carbons (Fsp3) is 0.115. The maximum Gasteiger partial charge on any atom is 0.250 e. The minimum Gasteiger partial charge on any atom is -0.311 e. The predicted octanol–water partition coefficient (Wildman–Crippen LogP) is 11.9. The Bertz CT molecular complexity index is 3210. The highest BCUT2D eigenvalue weighted by atomic mass is 15.2. The van der Waals surface area contributed by atoms with Crippen LogP contribution in [0.5, 0.6) is 0 Å². The standard InChI is InChI=1S/C61H53B2N3/c1-40-34-43(4)58(44(5)35-40)62-51-38-52-57(39-56(51)65(49-27-16-10-17-28-49)53-31-20-22-42(3)60(53)62)66(50-29-18-11-19-30-50)55-33-21-32-54(61(55)63(52)59-45(6)36-41(2)37-46(59)7)64(47-23-12-8-13-24-47)48-25-14-9-15-26-48/h8-39H,1-7H3. The van der Waals surface area contributed by atoms with Crippen LogP contribution in [0.1, 0.15) is 38.9 Å². The fourth-order valence-electron chi connectivity index (χ4n) is 11.7. The van der Waals surface area contributed by atoms with Crippen LogP contribution in [-0.2, 0) is 0 Å². The maximum absolute atomic E-state index is 2.63. The lowest BCUT2D eigenvalue weighted by atomic mass is 9.30. The Morgan fingerprint density at radius 3 is 1.17 bits per heavy atom. The van der Waals surface area contributed by atoms with Crippen LogP contribution < -0.4 is 47.5 Å². The molecule has 0 bridgehead atoms. The molecule has 2 heterocycles. The van der Waals surface area contributed by atoms with Crippen LogP contribution >= 0.6 is 0 Å². The average molecular weight is 850 g/mol. The number of rotatable bonds is 7. The van der Waals surface area contributed by atoms with E-state index >= 15 is 0 Å². The highest BCUT2D eigenvalue weighted by molar-refractivity contribution is 7.02. The van der Waals surface area contributed by atoms with Crippen molar-refractivity contribution in [3.63, 3.8) is 0 Å². The Labute approximate surface area is 391 Å². The number of benzene rings is 9. The Hall–Kier alpha value is -7.49. The zero-order chi connectivity index (χ0) is 45.2. The maximum atomic E-state index is 2.63. The zero-order valence-corrected chi connectivity index (χ0v) is 39.0. The van der Waals surface area contributed by atoms with E-state index in [0.717, 1.165) is 28.4 Å². The van der Waals surface area contributed by atoms with Gasteiger partial charge in [-0.2, -0.15) is 0 Å². The van der Waals surface area contributed by atoms with Crippen molar-refractivity contribution in [2.24, 2.45) is 0 Å². The third-order valence-corrected chi connectivity index (χ3v) is 14.1. The first kappa shape index (κ1) is 41.2. The van der Waals surface area contributed by atoms with E-state index in [1.807, 2.05) is 0 Å². The van der Waals surface area contributed by atoms with Gasteiger partial charge in [-0.05, 0) is 143 Å². The van der Waals surface area contributed by atoms with Gasteiger partial charge in [0.15, 0.2) is 0 Å². The van der Waals surface area contributed by atoms with Gasteiger partial charge in [0.1, 0.15) is 0 Å². The monoisotopic (exact) mass is 849 g/mol. The van der Waals surface area contributed by atoms with E-state index in [-0.39, 0.29) is 13.4 Å². The van der Waals surface area contributed by atoms with Crippen molar-refractivity contribution < 1.29 is 0 Å². The molecular weight excluding hydrogens is 796 g/mol. The van der Waals surface area contributed by atoms with E-state index in [2.05, 4.69) is 257 Å². The molecule has 0 spiro atoms. The molecule has 0 aromatic heterocycles. The molecule has 9 aromatic rings. The second kappa shape index (κ2) is 16.5. The highest BCUT2D eigenvalue weighted by Crippen LogP contribution is 2.45. The molecule has 0 atom stereocenters. The summed E-state index contributed by atoms with van der Waals surface area (Å²) >= 11 is 0. The van der Waals surface area contributed by atoms with Gasteiger partial charge in [0, 0.05) is 51.2 Å². The van der Waals surface area contributed by atoms with Gasteiger partial charge in [-0.15, -0.1) is 0 Å². The molecule has 0 aliphatic carbocycles. The first-order valence-electron chi connectivity index (χ1n) is 23.3. The van der Waals surface area contributed by atoms with Gasteiger partial charge in [0.2, 0.25) is 13.4 Å². The SMILES string of the molecule is Cc1cc(C)c(B2c3cc4c(cc3N(c3ccccc3)c3cccc(C)c32)N(c2ccccc2)c2cccc(N(c3ccccc3)c3ccccc3)c2B4c2c(C)cc(C)cc2C)c(C)c1. The molecule has 11 rings (SSSR count). The third kappa shape index (κ3) is 6.76. The highest BCUT2D eigenvalue weighted by Gasteiger charge is 2.44. The van der Waals surface area contributed by atoms with E-state index < -0.39 is 0 Å². The van der Waals surface area contributed by atoms with Gasteiger partial charge in [-0.1, -0.05) is 171 Å². The van der Waals surface area contributed by atoms with Gasteiger partial charge in [0.05, 0.1) is 0 Å². The molecule has 2 aliphatic heterocycles. The minimum absolute atomic E-state index is 0.00474. The van der Waals surface area contributed by atoms with Crippen molar-refractivity contribution in [1.29, 1.82) is 0 Å². The summed E-state index contributed by atoms with van der Waals surface area (Å²) in [6, 6.07) is 72.3. The largest absolute Gasteiger partial charge is 0.311 e. The Kier molecular flexibility index (Phi) is 10.3. The lowest BCUT2D eigenvalue weighted by Gasteiger charge is -2.44. The first-order valence-corrected chi connectivity index (χ1v) is 23.3. The molecule has 0 N–H and O–H groups in total. The predicted molar refractivity (Wildman–Crippen MR) is 286 cm³/mol. The molecule has 0 fully saturated rings. The van der Waals surface area contributed by atoms with Crippen molar-refractivity contribution in [2.45, 2.75) is 48.5 Å². The number of nitrogens with zero attached hydrogens (tertiary/aromatic N) is 3. The van der Waals surface area contributed by atoms with Crippen molar-refractivity contribution in [3.05, 3.63) is 233 Å². The molecule has 0 saturated carbocycles. The molecule has 0 amide bonds. The topological polar surface area (TPSA) is 9.72 Å². The molecule has 66 heavy (non-hydrogen) atoms. The van der Waals surface area contributed by atoms with E-state index in [4.69, 9.17) is 0 Å². The Balaban J connectivity index is 1.31. The molecule has 0 radical (unpaired) electrons. The number of hydrogen-bond donors (Lipinski definition) is 0. The summed E-state index contributed by atoms with van der Waals surface area (Å²) in [6.45, 7) is 15.9. The zero-order valence-electron chi connectivity index (χ0n) is 39.0. The Morgan fingerprint density at radius 1 is 0.318 bits per heavy atom. The number of hydrogen-bond acceptors (Lipinski definition) is 3. The van der Waals surface area contributed by atoms with Gasteiger partial charge >= 0.3 is 0 Å². The van der Waals surface area contributed by atoms with Crippen molar-refractivity contribution in [2.75, 3.05) is 14.7 Å². The fourth-order valence-corrected chi connectivity index (χ4v) is 11.7. The second-order valence-electron chi connectivity index (χ2n) is 18.5. The van der Waals surface area contributed by atoms with Crippen LogP contribution in [-0.4, -0.2) is 13.4 Å². The van der Waals surface area contributed by atoms with Gasteiger partial charge in [-0.3, -0.25) is 0 Å². The van der Waals surface area contributed by atoms with Crippen molar-refractivity contribution >= 4 is 97.4 Å². The summed E-state index contributed by atoms with van der Waals surface area (Å²) < 4.78 is 0. The molecule has 0 unspecified atom stereocenters. The number of anilines is 9. The molecule has 318 valence electrons. The summed E-state index contributed by atoms with van der Waals surface area (Å²) in [4.78, 5) is 7.55. The van der Waals surface area contributed by atoms with Crippen LogP contribution in [0.3, 0.4) is 0 Å². The summed E-state index contributed by atoms with van der Waals surface area (Å²) in [5.74, 6) is 0. The normalized spacial score (nSPS) is 12.7. The van der Waals surface area contributed by atoms with E-state index in [1.54, 1.807) is 0 Å². The van der Waals surface area contributed by atoms with Crippen LogP contribution in [0.2, 0.25) is 0 Å². The smallest absolute Gasteiger partial charge is 0.250 e. The molecule has 0 saturated heterocycles. The number of fused-ring (bicyclic) bond motifs is 4. The van der Waals surface area contributed by atoms with E-state index in [0.29, 0.717) is 0 Å². The van der Waals surface area contributed by atoms with Gasteiger partial charge < -0.3 is 14.7 Å². The third-order valence-electron chi connectivity index (χ3n) is 14.1. The summed E-state index contributed by atoms with van der Waals surface area (Å²) in [5.41, 5.74) is 27.6. The Morgan fingerprint density at radius 2 is 0.712 bits per heavy atom. The number of aryl methyl sites for hydroxylation is 7. The summed E-state index contributed by atoms with van der Waals surface area (Å²) in [7, 11) is 0. The van der Waals surface area contributed by atoms with Crippen LogP contribution in [0.15, 0.2) is 194 Å². The summed E-state index contributed by atoms with van der Waals surface area (Å²) in [6.07, 6.45) is 0. The van der Waals surface area contributed by atoms with Crippen LogP contribution in [0.4, 0.5) is 51.2 Å². The number of para-hydroxylation sites is 4. The van der Waals surface area contributed by atoms with Gasteiger partial charge in [-0.25, -0.2) is 0 Å². The molecule has 3 nitrogen and oxygen atoms in total.